The molecule has 6 nitrogen and oxygen atoms in total. The van der Waals surface area contributed by atoms with E-state index in [0.717, 1.165) is 0 Å². The van der Waals surface area contributed by atoms with Crippen molar-refractivity contribution < 1.29 is 23.5 Å². The first-order valence-electron chi connectivity index (χ1n) is 7.82. The SMILES string of the molecule is COc1ccc(F)cc1C(=O)N1CCN(C(=O)OC(C)(C)C)CC1. The fourth-order valence-electron chi connectivity index (χ4n) is 2.44. The van der Waals surface area contributed by atoms with Crippen LogP contribution >= 0.6 is 0 Å². The number of rotatable bonds is 2. The Bertz CT molecular complexity index is 620. The van der Waals surface area contributed by atoms with Crippen LogP contribution in [0.3, 0.4) is 0 Å². The molecule has 1 aromatic rings. The average molecular weight is 338 g/mol. The molecule has 7 heteroatoms. The molecule has 24 heavy (non-hydrogen) atoms. The Hall–Kier alpha value is -2.31. The molecule has 1 heterocycles. The third-order valence-electron chi connectivity index (χ3n) is 3.61. The van der Waals surface area contributed by atoms with E-state index in [0.29, 0.717) is 31.9 Å². The maximum atomic E-state index is 13.4. The minimum absolute atomic E-state index is 0.184. The number of hydrogen-bond donors (Lipinski definition) is 0. The molecule has 0 unspecified atom stereocenters. The molecule has 0 N–H and O–H groups in total. The van der Waals surface area contributed by atoms with Gasteiger partial charge in [-0.15, -0.1) is 0 Å². The van der Waals surface area contributed by atoms with Gasteiger partial charge in [-0.05, 0) is 39.0 Å². The van der Waals surface area contributed by atoms with E-state index in [4.69, 9.17) is 9.47 Å². The van der Waals surface area contributed by atoms with Gasteiger partial charge in [0.15, 0.2) is 0 Å². The van der Waals surface area contributed by atoms with Gasteiger partial charge in [0.1, 0.15) is 17.2 Å². The molecular formula is C17H23FN2O4. The van der Waals surface area contributed by atoms with E-state index < -0.39 is 17.5 Å². The summed E-state index contributed by atoms with van der Waals surface area (Å²) in [5, 5.41) is 0. The molecule has 0 spiro atoms. The zero-order valence-electron chi connectivity index (χ0n) is 14.5. The smallest absolute Gasteiger partial charge is 0.410 e. The van der Waals surface area contributed by atoms with E-state index in [2.05, 4.69) is 0 Å². The van der Waals surface area contributed by atoms with Crippen LogP contribution in [0, 0.1) is 5.82 Å². The quantitative estimate of drug-likeness (QED) is 0.831. The summed E-state index contributed by atoms with van der Waals surface area (Å²) in [5.41, 5.74) is -0.373. The lowest BCUT2D eigenvalue weighted by molar-refractivity contribution is 0.0140. The van der Waals surface area contributed by atoms with Crippen molar-refractivity contribution in [2.45, 2.75) is 26.4 Å². The van der Waals surface area contributed by atoms with E-state index in [1.54, 1.807) is 30.6 Å². The molecule has 0 aliphatic carbocycles. The van der Waals surface area contributed by atoms with Gasteiger partial charge >= 0.3 is 6.09 Å². The van der Waals surface area contributed by atoms with E-state index in [1.807, 2.05) is 0 Å². The summed E-state index contributed by atoms with van der Waals surface area (Å²) in [6, 6.07) is 3.84. The largest absolute Gasteiger partial charge is 0.496 e. The van der Waals surface area contributed by atoms with Gasteiger partial charge in [0, 0.05) is 26.2 Å². The molecule has 2 amide bonds. The molecule has 2 rings (SSSR count). The van der Waals surface area contributed by atoms with Gasteiger partial charge in [-0.2, -0.15) is 0 Å². The number of methoxy groups -OCH3 is 1. The van der Waals surface area contributed by atoms with Crippen LogP contribution < -0.4 is 4.74 Å². The second-order valence-corrected chi connectivity index (χ2v) is 6.60. The van der Waals surface area contributed by atoms with Gasteiger partial charge in [-0.25, -0.2) is 9.18 Å². The van der Waals surface area contributed by atoms with Crippen molar-refractivity contribution in [2.24, 2.45) is 0 Å². The number of carbonyl (C=O) groups excluding carboxylic acids is 2. The molecule has 1 aliphatic heterocycles. The van der Waals surface area contributed by atoms with Crippen LogP contribution in [0.15, 0.2) is 18.2 Å². The van der Waals surface area contributed by atoms with E-state index in [9.17, 15) is 14.0 Å². The number of halogens is 1. The number of nitrogens with zero attached hydrogens (tertiary/aromatic N) is 2. The summed E-state index contributed by atoms with van der Waals surface area (Å²) in [6.07, 6.45) is -0.391. The van der Waals surface area contributed by atoms with Gasteiger partial charge in [-0.3, -0.25) is 4.79 Å². The first-order valence-corrected chi connectivity index (χ1v) is 7.82. The van der Waals surface area contributed by atoms with Crippen LogP contribution in [0.2, 0.25) is 0 Å². The van der Waals surface area contributed by atoms with Crippen molar-refractivity contribution in [2.75, 3.05) is 33.3 Å². The van der Waals surface area contributed by atoms with Crippen molar-refractivity contribution in [3.63, 3.8) is 0 Å². The van der Waals surface area contributed by atoms with Crippen LogP contribution in [-0.2, 0) is 4.74 Å². The molecule has 1 aliphatic rings. The van der Waals surface area contributed by atoms with Crippen LogP contribution in [0.4, 0.5) is 9.18 Å². The molecule has 132 valence electrons. The molecule has 0 aromatic heterocycles. The predicted molar refractivity (Wildman–Crippen MR) is 86.7 cm³/mol. The van der Waals surface area contributed by atoms with Crippen LogP contribution in [0.25, 0.3) is 0 Å². The normalized spacial score (nSPS) is 15.2. The molecule has 0 bridgehead atoms. The molecule has 0 atom stereocenters. The highest BCUT2D eigenvalue weighted by molar-refractivity contribution is 5.97. The molecule has 0 saturated carbocycles. The van der Waals surface area contributed by atoms with Crippen molar-refractivity contribution in [3.05, 3.63) is 29.6 Å². The van der Waals surface area contributed by atoms with Crippen molar-refractivity contribution in [3.8, 4) is 5.75 Å². The lowest BCUT2D eigenvalue weighted by atomic mass is 10.1. The second-order valence-electron chi connectivity index (χ2n) is 6.60. The number of piperazine rings is 1. The van der Waals surface area contributed by atoms with Gasteiger partial charge in [0.05, 0.1) is 12.7 Å². The fraction of sp³-hybridized carbons (Fsp3) is 0.529. The Kier molecular flexibility index (Phi) is 5.31. The Morgan fingerprint density at radius 3 is 2.21 bits per heavy atom. The number of amides is 2. The molecule has 1 fully saturated rings. The van der Waals surface area contributed by atoms with Crippen LogP contribution in [0.1, 0.15) is 31.1 Å². The number of carbonyl (C=O) groups is 2. The fourth-order valence-corrected chi connectivity index (χ4v) is 2.44. The Morgan fingerprint density at radius 1 is 1.08 bits per heavy atom. The highest BCUT2D eigenvalue weighted by atomic mass is 19.1. The number of hydrogen-bond acceptors (Lipinski definition) is 4. The summed E-state index contributed by atoms with van der Waals surface area (Å²) in [4.78, 5) is 27.8. The van der Waals surface area contributed by atoms with E-state index >= 15 is 0 Å². The van der Waals surface area contributed by atoms with Crippen LogP contribution in [0.5, 0.6) is 5.75 Å². The van der Waals surface area contributed by atoms with Crippen molar-refractivity contribution in [1.29, 1.82) is 0 Å². The molecule has 1 saturated heterocycles. The summed E-state index contributed by atoms with van der Waals surface area (Å²) in [7, 11) is 1.43. The van der Waals surface area contributed by atoms with E-state index in [-0.39, 0.29) is 11.5 Å². The summed E-state index contributed by atoms with van der Waals surface area (Å²) >= 11 is 0. The summed E-state index contributed by atoms with van der Waals surface area (Å²) in [5.74, 6) is -0.474. The zero-order chi connectivity index (χ0) is 17.9. The number of ether oxygens (including phenoxy) is 2. The minimum atomic E-state index is -0.557. The van der Waals surface area contributed by atoms with Gasteiger partial charge in [0.25, 0.3) is 5.91 Å². The van der Waals surface area contributed by atoms with Gasteiger partial charge in [-0.1, -0.05) is 0 Å². The molecule has 0 radical (unpaired) electrons. The van der Waals surface area contributed by atoms with Crippen LogP contribution in [-0.4, -0.2) is 60.7 Å². The maximum absolute atomic E-state index is 13.4. The highest BCUT2D eigenvalue weighted by Crippen LogP contribution is 2.22. The maximum Gasteiger partial charge on any atom is 0.410 e. The van der Waals surface area contributed by atoms with Gasteiger partial charge in [0.2, 0.25) is 0 Å². The standard InChI is InChI=1S/C17H23FN2O4/c1-17(2,3)24-16(22)20-9-7-19(8-10-20)15(21)13-11-12(18)5-6-14(13)23-4/h5-6,11H,7-10H2,1-4H3. The second kappa shape index (κ2) is 7.07. The Labute approximate surface area is 141 Å². The lowest BCUT2D eigenvalue weighted by Gasteiger charge is -2.35. The first kappa shape index (κ1) is 18.0. The summed E-state index contributed by atoms with van der Waals surface area (Å²) < 4.78 is 23.9. The Balaban J connectivity index is 2.01. The average Bonchev–Trinajstić information content (AvgIpc) is 2.52. The van der Waals surface area contributed by atoms with Crippen molar-refractivity contribution in [1.82, 2.24) is 9.80 Å². The third kappa shape index (κ3) is 4.37. The Morgan fingerprint density at radius 2 is 1.67 bits per heavy atom. The monoisotopic (exact) mass is 338 g/mol. The minimum Gasteiger partial charge on any atom is -0.496 e. The van der Waals surface area contributed by atoms with Crippen molar-refractivity contribution >= 4 is 12.0 Å². The predicted octanol–water partition coefficient (Wildman–Crippen LogP) is 2.53. The molecule has 1 aromatic carbocycles. The number of benzene rings is 1. The summed E-state index contributed by atoms with van der Waals surface area (Å²) in [6.45, 7) is 6.88. The topological polar surface area (TPSA) is 59.1 Å². The molecular weight excluding hydrogens is 315 g/mol. The highest BCUT2D eigenvalue weighted by Gasteiger charge is 2.29. The lowest BCUT2D eigenvalue weighted by Crippen LogP contribution is -2.51. The first-order chi connectivity index (χ1) is 11.2. The zero-order valence-corrected chi connectivity index (χ0v) is 14.5. The third-order valence-corrected chi connectivity index (χ3v) is 3.61. The van der Waals surface area contributed by atoms with Gasteiger partial charge < -0.3 is 19.3 Å². The van der Waals surface area contributed by atoms with E-state index in [1.165, 1.54) is 25.3 Å².